The molecular weight excluding hydrogens is 356 g/mol. The lowest BCUT2D eigenvalue weighted by Gasteiger charge is -2.07. The highest BCUT2D eigenvalue weighted by Gasteiger charge is 2.12. The minimum absolute atomic E-state index is 0.488. The number of hydrogen-bond donors (Lipinski definition) is 0. The summed E-state index contributed by atoms with van der Waals surface area (Å²) in [6.45, 7) is 4.17. The summed E-state index contributed by atoms with van der Waals surface area (Å²) in [5, 5.41) is 12.3. The number of nitrogens with zero attached hydrogens (tertiary/aromatic N) is 2. The summed E-state index contributed by atoms with van der Waals surface area (Å²) in [7, 11) is 3.21. The normalized spacial score (nSPS) is 11.1. The largest absolute Gasteiger partial charge is 0.497 e. The van der Waals surface area contributed by atoms with Crippen molar-refractivity contribution in [3.63, 3.8) is 0 Å². The van der Waals surface area contributed by atoms with Gasteiger partial charge in [0, 0.05) is 16.5 Å². The molecule has 0 amide bonds. The van der Waals surface area contributed by atoms with E-state index in [1.807, 2.05) is 23.6 Å². The molecule has 1 aromatic heterocycles. The predicted octanol–water partition coefficient (Wildman–Crippen LogP) is 5.51. The molecule has 0 bridgehead atoms. The molecule has 4 nitrogen and oxygen atoms in total. The summed E-state index contributed by atoms with van der Waals surface area (Å²) in [4.78, 5) is 4.67. The lowest BCUT2D eigenvalue weighted by atomic mass is 10.0. The Balaban J connectivity index is 2.00. The third-order valence-corrected chi connectivity index (χ3v) is 5.27. The second kappa shape index (κ2) is 8.07. The number of nitriles is 1. The smallest absolute Gasteiger partial charge is 0.134 e. The van der Waals surface area contributed by atoms with E-state index < -0.39 is 0 Å². The van der Waals surface area contributed by atoms with Crippen molar-refractivity contribution in [3.05, 3.63) is 63.5 Å². The zero-order valence-corrected chi connectivity index (χ0v) is 16.6. The Morgan fingerprint density at radius 2 is 1.89 bits per heavy atom. The molecule has 0 spiro atoms. The monoisotopic (exact) mass is 376 g/mol. The van der Waals surface area contributed by atoms with Crippen LogP contribution in [-0.2, 0) is 0 Å². The summed E-state index contributed by atoms with van der Waals surface area (Å²) < 4.78 is 10.7. The Bertz CT molecular complexity index is 1040. The molecule has 0 aliphatic rings. The summed E-state index contributed by atoms with van der Waals surface area (Å²) >= 11 is 1.46. The number of ether oxygens (including phenoxy) is 2. The quantitative estimate of drug-likeness (QED) is 0.551. The van der Waals surface area contributed by atoms with Gasteiger partial charge in [0.1, 0.15) is 22.6 Å². The van der Waals surface area contributed by atoms with Gasteiger partial charge in [-0.15, -0.1) is 11.3 Å². The van der Waals surface area contributed by atoms with E-state index in [-0.39, 0.29) is 0 Å². The van der Waals surface area contributed by atoms with E-state index in [1.165, 1.54) is 22.5 Å². The Morgan fingerprint density at radius 3 is 2.56 bits per heavy atom. The SMILES string of the molecule is COc1ccc(OC)c(/C=C(/C#N)c2nc(-c3ccc(C)c(C)c3)cs2)c1. The summed E-state index contributed by atoms with van der Waals surface area (Å²) in [6.07, 6.45) is 1.78. The van der Waals surface area contributed by atoms with E-state index in [0.29, 0.717) is 22.1 Å². The molecule has 1 heterocycles. The molecule has 0 aliphatic carbocycles. The van der Waals surface area contributed by atoms with Gasteiger partial charge in [-0.1, -0.05) is 12.1 Å². The molecule has 0 saturated carbocycles. The number of allylic oxidation sites excluding steroid dienone is 1. The van der Waals surface area contributed by atoms with Crippen molar-refractivity contribution in [2.75, 3.05) is 14.2 Å². The Hall–Kier alpha value is -3.10. The molecule has 3 rings (SSSR count). The number of aromatic nitrogens is 1. The molecule has 136 valence electrons. The van der Waals surface area contributed by atoms with Crippen LogP contribution in [0.4, 0.5) is 0 Å². The summed E-state index contributed by atoms with van der Waals surface area (Å²) in [5.41, 5.74) is 5.66. The fourth-order valence-electron chi connectivity index (χ4n) is 2.68. The maximum atomic E-state index is 9.67. The lowest BCUT2D eigenvalue weighted by molar-refractivity contribution is 0.402. The zero-order valence-electron chi connectivity index (χ0n) is 15.7. The fourth-order valence-corrected chi connectivity index (χ4v) is 3.47. The van der Waals surface area contributed by atoms with E-state index >= 15 is 0 Å². The maximum Gasteiger partial charge on any atom is 0.134 e. The second-order valence-corrected chi connectivity index (χ2v) is 6.97. The molecular formula is C22H20N2O2S. The first kappa shape index (κ1) is 18.7. The van der Waals surface area contributed by atoms with E-state index in [9.17, 15) is 5.26 Å². The molecule has 3 aromatic rings. The summed E-state index contributed by atoms with van der Waals surface area (Å²) in [6, 6.07) is 14.0. The predicted molar refractivity (Wildman–Crippen MR) is 110 cm³/mol. The van der Waals surface area contributed by atoms with Crippen molar-refractivity contribution in [1.82, 2.24) is 4.98 Å². The van der Waals surface area contributed by atoms with Gasteiger partial charge in [-0.3, -0.25) is 0 Å². The second-order valence-electron chi connectivity index (χ2n) is 6.11. The maximum absolute atomic E-state index is 9.67. The molecule has 0 unspecified atom stereocenters. The van der Waals surface area contributed by atoms with E-state index in [2.05, 4.69) is 43.1 Å². The number of aryl methyl sites for hydroxylation is 2. The first-order valence-corrected chi connectivity index (χ1v) is 9.31. The van der Waals surface area contributed by atoms with Crippen LogP contribution >= 0.6 is 11.3 Å². The van der Waals surface area contributed by atoms with Crippen molar-refractivity contribution >= 4 is 23.0 Å². The standard InChI is InChI=1S/C22H20N2O2S/c1-14-5-6-16(9-15(14)2)20-13-27-22(24-20)18(12-23)10-17-11-19(25-3)7-8-21(17)26-4/h5-11,13H,1-4H3/b18-10-. The van der Waals surface area contributed by atoms with Crippen LogP contribution in [-0.4, -0.2) is 19.2 Å². The third kappa shape index (κ3) is 4.02. The fraction of sp³-hybridized carbons (Fsp3) is 0.182. The highest BCUT2D eigenvalue weighted by atomic mass is 32.1. The van der Waals surface area contributed by atoms with Crippen LogP contribution in [0.15, 0.2) is 41.8 Å². The molecule has 0 fully saturated rings. The Morgan fingerprint density at radius 1 is 1.07 bits per heavy atom. The Kier molecular flexibility index (Phi) is 5.58. The van der Waals surface area contributed by atoms with Gasteiger partial charge in [-0.25, -0.2) is 4.98 Å². The summed E-state index contributed by atoms with van der Waals surface area (Å²) in [5.74, 6) is 1.38. The number of hydrogen-bond acceptors (Lipinski definition) is 5. The van der Waals surface area contributed by atoms with Gasteiger partial charge in [0.05, 0.1) is 25.5 Å². The van der Waals surface area contributed by atoms with Gasteiger partial charge < -0.3 is 9.47 Å². The number of rotatable bonds is 5. The third-order valence-electron chi connectivity index (χ3n) is 4.39. The zero-order chi connectivity index (χ0) is 19.4. The average molecular weight is 376 g/mol. The molecule has 2 aromatic carbocycles. The van der Waals surface area contributed by atoms with Crippen LogP contribution in [0.25, 0.3) is 22.9 Å². The highest BCUT2D eigenvalue weighted by molar-refractivity contribution is 7.11. The van der Waals surface area contributed by atoms with Crippen LogP contribution < -0.4 is 9.47 Å². The van der Waals surface area contributed by atoms with Crippen molar-refractivity contribution < 1.29 is 9.47 Å². The van der Waals surface area contributed by atoms with Crippen LogP contribution in [0.5, 0.6) is 11.5 Å². The van der Waals surface area contributed by atoms with Crippen LogP contribution in [0.1, 0.15) is 21.7 Å². The van der Waals surface area contributed by atoms with Crippen LogP contribution in [0, 0.1) is 25.2 Å². The average Bonchev–Trinajstić information content (AvgIpc) is 3.18. The van der Waals surface area contributed by atoms with Gasteiger partial charge >= 0.3 is 0 Å². The molecule has 27 heavy (non-hydrogen) atoms. The van der Waals surface area contributed by atoms with Gasteiger partial charge in [0.15, 0.2) is 0 Å². The first-order chi connectivity index (χ1) is 13.0. The molecule has 0 atom stereocenters. The van der Waals surface area contributed by atoms with Gasteiger partial charge in [0.25, 0.3) is 0 Å². The van der Waals surface area contributed by atoms with Crippen LogP contribution in [0.3, 0.4) is 0 Å². The lowest BCUT2D eigenvalue weighted by Crippen LogP contribution is -1.90. The van der Waals surface area contributed by atoms with E-state index in [4.69, 9.17) is 9.47 Å². The van der Waals surface area contributed by atoms with Crippen LogP contribution in [0.2, 0.25) is 0 Å². The van der Waals surface area contributed by atoms with E-state index in [0.717, 1.165) is 16.8 Å². The molecule has 0 aliphatic heterocycles. The topological polar surface area (TPSA) is 55.1 Å². The number of methoxy groups -OCH3 is 2. The van der Waals surface area contributed by atoms with Crippen molar-refractivity contribution in [2.45, 2.75) is 13.8 Å². The van der Waals surface area contributed by atoms with Gasteiger partial charge in [-0.2, -0.15) is 5.26 Å². The molecule has 0 N–H and O–H groups in total. The molecule has 0 saturated heterocycles. The number of benzene rings is 2. The van der Waals surface area contributed by atoms with Gasteiger partial charge in [-0.05, 0) is 55.3 Å². The van der Waals surface area contributed by atoms with Crippen molar-refractivity contribution in [2.24, 2.45) is 0 Å². The van der Waals surface area contributed by atoms with E-state index in [1.54, 1.807) is 20.3 Å². The number of thiazole rings is 1. The minimum Gasteiger partial charge on any atom is -0.497 e. The molecule has 5 heteroatoms. The Labute approximate surface area is 163 Å². The molecule has 0 radical (unpaired) electrons. The van der Waals surface area contributed by atoms with Gasteiger partial charge in [0.2, 0.25) is 0 Å². The van der Waals surface area contributed by atoms with Crippen molar-refractivity contribution in [1.29, 1.82) is 5.26 Å². The van der Waals surface area contributed by atoms with Crippen molar-refractivity contribution in [3.8, 4) is 28.8 Å². The highest BCUT2D eigenvalue weighted by Crippen LogP contribution is 2.31. The minimum atomic E-state index is 0.488. The first-order valence-electron chi connectivity index (χ1n) is 8.43.